The smallest absolute Gasteiger partial charge is 0.204 e. The van der Waals surface area contributed by atoms with Gasteiger partial charge in [-0.25, -0.2) is 0 Å². The molecule has 1 rings (SSSR count). The highest BCUT2D eigenvalue weighted by Crippen LogP contribution is 2.26. The lowest BCUT2D eigenvalue weighted by Crippen LogP contribution is -2.35. The van der Waals surface area contributed by atoms with Crippen LogP contribution in [0.25, 0.3) is 5.57 Å². The average Bonchev–Trinajstić information content (AvgIpc) is 2.33. The van der Waals surface area contributed by atoms with Crippen molar-refractivity contribution in [3.8, 4) is 5.75 Å². The molecule has 0 N–H and O–H groups in total. The first-order valence-corrected chi connectivity index (χ1v) is 6.88. The van der Waals surface area contributed by atoms with Gasteiger partial charge in [0.1, 0.15) is 5.75 Å². The van der Waals surface area contributed by atoms with Gasteiger partial charge >= 0.3 is 0 Å². The molecule has 0 saturated carbocycles. The third kappa shape index (κ3) is 5.07. The van der Waals surface area contributed by atoms with Gasteiger partial charge in [0.2, 0.25) is 6.29 Å². The number of allylic oxidation sites excluding steroid dienone is 1. The molecule has 0 fully saturated rings. The van der Waals surface area contributed by atoms with Crippen molar-refractivity contribution in [2.45, 2.75) is 47.3 Å². The van der Waals surface area contributed by atoms with Crippen LogP contribution in [0.1, 0.15) is 46.6 Å². The highest BCUT2D eigenvalue weighted by Gasteiger charge is 2.27. The maximum absolute atomic E-state index is 5.96. The normalized spacial score (nSPS) is 13.1. The summed E-state index contributed by atoms with van der Waals surface area (Å²) in [5.74, 6) is 0.834. The molecule has 0 aliphatic heterocycles. The molecule has 0 aromatic heterocycles. The van der Waals surface area contributed by atoms with Crippen LogP contribution >= 0.6 is 0 Å². The maximum Gasteiger partial charge on any atom is 0.204 e. The number of hydrogen-bond donors (Lipinski definition) is 0. The molecule has 0 saturated heterocycles. The SMILES string of the molecule is C=C(C)c1ccc(OC(OCCC)C(C)(C)C)cc1. The fourth-order valence-electron chi connectivity index (χ4n) is 1.63. The second-order valence-electron chi connectivity index (χ2n) is 5.99. The Morgan fingerprint density at radius 1 is 1.21 bits per heavy atom. The summed E-state index contributed by atoms with van der Waals surface area (Å²) in [4.78, 5) is 0. The van der Waals surface area contributed by atoms with Crippen molar-refractivity contribution in [1.29, 1.82) is 0 Å². The van der Waals surface area contributed by atoms with E-state index in [1.165, 1.54) is 0 Å². The van der Waals surface area contributed by atoms with Crippen molar-refractivity contribution in [2.75, 3.05) is 6.61 Å². The summed E-state index contributed by atoms with van der Waals surface area (Å²) in [7, 11) is 0. The van der Waals surface area contributed by atoms with Gasteiger partial charge in [-0.2, -0.15) is 0 Å². The third-order valence-electron chi connectivity index (χ3n) is 2.77. The van der Waals surface area contributed by atoms with E-state index < -0.39 is 0 Å². The molecule has 0 amide bonds. The Morgan fingerprint density at radius 2 is 1.79 bits per heavy atom. The minimum atomic E-state index is -0.233. The molecule has 0 aliphatic rings. The number of hydrogen-bond acceptors (Lipinski definition) is 2. The quantitative estimate of drug-likeness (QED) is 0.679. The molecule has 1 aromatic rings. The van der Waals surface area contributed by atoms with Gasteiger partial charge in [0.05, 0.1) is 6.61 Å². The first kappa shape index (κ1) is 15.8. The minimum absolute atomic E-state index is 0.0534. The highest BCUT2D eigenvalue weighted by molar-refractivity contribution is 5.61. The van der Waals surface area contributed by atoms with Crippen molar-refractivity contribution in [2.24, 2.45) is 5.41 Å². The second-order valence-corrected chi connectivity index (χ2v) is 5.99. The van der Waals surface area contributed by atoms with Gasteiger partial charge in [0, 0.05) is 5.41 Å². The molecule has 2 nitrogen and oxygen atoms in total. The largest absolute Gasteiger partial charge is 0.464 e. The molecule has 0 radical (unpaired) electrons. The van der Waals surface area contributed by atoms with Crippen LogP contribution in [0.15, 0.2) is 30.8 Å². The van der Waals surface area contributed by atoms with Crippen LogP contribution in [0.2, 0.25) is 0 Å². The number of rotatable bonds is 6. The van der Waals surface area contributed by atoms with Crippen molar-refractivity contribution in [1.82, 2.24) is 0 Å². The highest BCUT2D eigenvalue weighted by atomic mass is 16.7. The van der Waals surface area contributed by atoms with E-state index in [4.69, 9.17) is 9.47 Å². The Bertz CT molecular complexity index is 398. The number of benzene rings is 1. The van der Waals surface area contributed by atoms with E-state index in [0.717, 1.165) is 23.3 Å². The Hall–Kier alpha value is -1.28. The summed E-state index contributed by atoms with van der Waals surface area (Å²) in [6.07, 6.45) is 0.757. The van der Waals surface area contributed by atoms with E-state index in [2.05, 4.69) is 34.3 Å². The van der Waals surface area contributed by atoms with Crippen molar-refractivity contribution >= 4 is 5.57 Å². The van der Waals surface area contributed by atoms with Crippen LogP contribution in [-0.2, 0) is 4.74 Å². The van der Waals surface area contributed by atoms with Crippen molar-refractivity contribution in [3.63, 3.8) is 0 Å². The summed E-state index contributed by atoms with van der Waals surface area (Å²) in [6, 6.07) is 7.99. The first-order chi connectivity index (χ1) is 8.84. The molecule has 0 bridgehead atoms. The summed E-state index contributed by atoms with van der Waals surface area (Å²) in [6.45, 7) is 15.1. The summed E-state index contributed by atoms with van der Waals surface area (Å²) < 4.78 is 11.8. The summed E-state index contributed by atoms with van der Waals surface area (Å²) >= 11 is 0. The fourth-order valence-corrected chi connectivity index (χ4v) is 1.63. The van der Waals surface area contributed by atoms with Crippen LogP contribution in [0, 0.1) is 5.41 Å². The van der Waals surface area contributed by atoms with Gasteiger partial charge in [-0.1, -0.05) is 52.0 Å². The third-order valence-corrected chi connectivity index (χ3v) is 2.77. The zero-order valence-electron chi connectivity index (χ0n) is 12.8. The van der Waals surface area contributed by atoms with Crippen LogP contribution < -0.4 is 4.74 Å². The Labute approximate surface area is 117 Å². The fraction of sp³-hybridized carbons (Fsp3) is 0.529. The minimum Gasteiger partial charge on any atom is -0.464 e. The van der Waals surface area contributed by atoms with E-state index in [1.54, 1.807) is 0 Å². The monoisotopic (exact) mass is 262 g/mol. The molecule has 0 aliphatic carbocycles. The van der Waals surface area contributed by atoms with E-state index in [-0.39, 0.29) is 11.7 Å². The zero-order valence-corrected chi connectivity index (χ0v) is 12.8. The molecule has 1 unspecified atom stereocenters. The molecular weight excluding hydrogens is 236 g/mol. The van der Waals surface area contributed by atoms with Gasteiger partial charge in [-0.15, -0.1) is 0 Å². The lowest BCUT2D eigenvalue weighted by molar-refractivity contribution is -0.140. The Kier molecular flexibility index (Phi) is 5.61. The molecule has 1 aromatic carbocycles. The van der Waals surface area contributed by atoms with Gasteiger partial charge in [0.25, 0.3) is 0 Å². The van der Waals surface area contributed by atoms with Gasteiger partial charge in [-0.05, 0) is 31.0 Å². The topological polar surface area (TPSA) is 18.5 Å². The molecule has 2 heteroatoms. The van der Waals surface area contributed by atoms with Gasteiger partial charge in [-0.3, -0.25) is 0 Å². The zero-order chi connectivity index (χ0) is 14.5. The van der Waals surface area contributed by atoms with Crippen LogP contribution in [0.5, 0.6) is 5.75 Å². The summed E-state index contributed by atoms with van der Waals surface area (Å²) in [5, 5.41) is 0. The lowest BCUT2D eigenvalue weighted by atomic mass is 9.96. The van der Waals surface area contributed by atoms with Crippen molar-refractivity contribution in [3.05, 3.63) is 36.4 Å². The van der Waals surface area contributed by atoms with Crippen LogP contribution in [0.4, 0.5) is 0 Å². The van der Waals surface area contributed by atoms with Crippen LogP contribution in [0.3, 0.4) is 0 Å². The average molecular weight is 262 g/mol. The second kappa shape index (κ2) is 6.76. The predicted octanol–water partition coefficient (Wildman–Crippen LogP) is 4.90. The standard InChI is InChI=1S/C17H26O2/c1-7-12-18-16(17(4,5)6)19-15-10-8-14(9-11-15)13(2)3/h8-11,16H,2,7,12H2,1,3-6H3. The van der Waals surface area contributed by atoms with E-state index in [9.17, 15) is 0 Å². The van der Waals surface area contributed by atoms with Gasteiger partial charge in [0.15, 0.2) is 0 Å². The summed E-state index contributed by atoms with van der Waals surface area (Å²) in [5.41, 5.74) is 2.14. The van der Waals surface area contributed by atoms with Gasteiger partial charge < -0.3 is 9.47 Å². The lowest BCUT2D eigenvalue weighted by Gasteiger charge is -2.30. The predicted molar refractivity (Wildman–Crippen MR) is 81.3 cm³/mol. The molecule has 19 heavy (non-hydrogen) atoms. The molecule has 0 spiro atoms. The maximum atomic E-state index is 5.96. The van der Waals surface area contributed by atoms with Crippen LogP contribution in [-0.4, -0.2) is 12.9 Å². The van der Waals surface area contributed by atoms with E-state index in [1.807, 2.05) is 31.2 Å². The van der Waals surface area contributed by atoms with Crippen molar-refractivity contribution < 1.29 is 9.47 Å². The molecule has 0 heterocycles. The Morgan fingerprint density at radius 3 is 2.21 bits per heavy atom. The van der Waals surface area contributed by atoms with E-state index in [0.29, 0.717) is 6.61 Å². The first-order valence-electron chi connectivity index (χ1n) is 6.88. The molecule has 1 atom stereocenters. The Balaban J connectivity index is 2.75. The van der Waals surface area contributed by atoms with E-state index >= 15 is 0 Å². The number of ether oxygens (including phenoxy) is 2. The molecular formula is C17H26O2. The molecule has 106 valence electrons.